The fourth-order valence-electron chi connectivity index (χ4n) is 2.13. The molecule has 0 aromatic heterocycles. The molecule has 0 bridgehead atoms. The average Bonchev–Trinajstić information content (AvgIpc) is 2.52. The number of likely N-dealkylation sites (N-methyl/N-ethyl adjacent to an activating group) is 1. The van der Waals surface area contributed by atoms with Crippen LogP contribution < -0.4 is 10.6 Å². The highest BCUT2D eigenvalue weighted by molar-refractivity contribution is 6.03. The quantitative estimate of drug-likeness (QED) is 0.856. The molecule has 0 spiro atoms. The molecule has 0 saturated heterocycles. The summed E-state index contributed by atoms with van der Waals surface area (Å²) < 4.78 is 0. The SMILES string of the molecule is CNC(=O)/C(=C/c1cccc2ccccc12)NC(=O)C(C)(C)C. The van der Waals surface area contributed by atoms with E-state index in [-0.39, 0.29) is 17.5 Å². The van der Waals surface area contributed by atoms with Crippen LogP contribution in [0.25, 0.3) is 16.8 Å². The van der Waals surface area contributed by atoms with Crippen LogP contribution in [0.3, 0.4) is 0 Å². The average molecular weight is 310 g/mol. The molecule has 4 nitrogen and oxygen atoms in total. The topological polar surface area (TPSA) is 58.2 Å². The Hall–Kier alpha value is -2.62. The van der Waals surface area contributed by atoms with Gasteiger partial charge in [0.15, 0.2) is 0 Å². The molecular formula is C19H22N2O2. The first-order valence-corrected chi connectivity index (χ1v) is 7.56. The molecule has 23 heavy (non-hydrogen) atoms. The minimum absolute atomic E-state index is 0.201. The highest BCUT2D eigenvalue weighted by atomic mass is 16.2. The lowest BCUT2D eigenvalue weighted by Gasteiger charge is -2.19. The Kier molecular flexibility index (Phi) is 4.84. The number of benzene rings is 2. The van der Waals surface area contributed by atoms with E-state index >= 15 is 0 Å². The summed E-state index contributed by atoms with van der Waals surface area (Å²) in [7, 11) is 1.54. The van der Waals surface area contributed by atoms with Gasteiger partial charge < -0.3 is 10.6 Å². The van der Waals surface area contributed by atoms with Crippen molar-refractivity contribution in [3.8, 4) is 0 Å². The van der Waals surface area contributed by atoms with Crippen molar-refractivity contribution in [3.05, 3.63) is 53.7 Å². The molecule has 2 rings (SSSR count). The van der Waals surface area contributed by atoms with Crippen LogP contribution in [0, 0.1) is 5.41 Å². The third-order valence-corrected chi connectivity index (χ3v) is 3.52. The van der Waals surface area contributed by atoms with Gasteiger partial charge in [-0.3, -0.25) is 9.59 Å². The monoisotopic (exact) mass is 310 g/mol. The third-order valence-electron chi connectivity index (χ3n) is 3.52. The first-order valence-electron chi connectivity index (χ1n) is 7.56. The minimum Gasteiger partial charge on any atom is -0.354 e. The van der Waals surface area contributed by atoms with Gasteiger partial charge in [0.2, 0.25) is 5.91 Å². The maximum Gasteiger partial charge on any atom is 0.267 e. The lowest BCUT2D eigenvalue weighted by molar-refractivity contribution is -0.129. The van der Waals surface area contributed by atoms with Crippen LogP contribution in [0.4, 0.5) is 0 Å². The Bertz CT molecular complexity index is 765. The summed E-state index contributed by atoms with van der Waals surface area (Å²) in [5.41, 5.74) is 0.547. The molecule has 2 amide bonds. The second-order valence-electron chi connectivity index (χ2n) is 6.41. The van der Waals surface area contributed by atoms with Gasteiger partial charge in [-0.25, -0.2) is 0 Å². The lowest BCUT2D eigenvalue weighted by atomic mass is 9.95. The van der Waals surface area contributed by atoms with E-state index in [0.29, 0.717) is 0 Å². The zero-order valence-corrected chi connectivity index (χ0v) is 13.9. The number of carbonyl (C=O) groups excluding carboxylic acids is 2. The number of nitrogens with one attached hydrogen (secondary N) is 2. The minimum atomic E-state index is -0.578. The third kappa shape index (κ3) is 3.97. The van der Waals surface area contributed by atoms with E-state index in [2.05, 4.69) is 10.6 Å². The molecule has 2 aromatic rings. The summed E-state index contributed by atoms with van der Waals surface area (Å²) >= 11 is 0. The van der Waals surface area contributed by atoms with Gasteiger partial charge in [-0.2, -0.15) is 0 Å². The van der Waals surface area contributed by atoms with Crippen LogP contribution in [-0.4, -0.2) is 18.9 Å². The molecule has 0 fully saturated rings. The van der Waals surface area contributed by atoms with Crippen molar-refractivity contribution in [2.24, 2.45) is 5.41 Å². The Labute approximate surface area is 136 Å². The Morgan fingerprint density at radius 1 is 1.00 bits per heavy atom. The molecule has 0 atom stereocenters. The number of amides is 2. The van der Waals surface area contributed by atoms with Gasteiger partial charge in [0.05, 0.1) is 0 Å². The summed E-state index contributed by atoms with van der Waals surface area (Å²) in [6, 6.07) is 13.8. The Morgan fingerprint density at radius 3 is 2.30 bits per heavy atom. The van der Waals surface area contributed by atoms with Crippen molar-refractivity contribution >= 4 is 28.7 Å². The Balaban J connectivity index is 2.48. The van der Waals surface area contributed by atoms with Crippen molar-refractivity contribution in [1.29, 1.82) is 0 Å². The molecule has 2 N–H and O–H groups in total. The molecule has 0 aliphatic rings. The predicted octanol–water partition coefficient (Wildman–Crippen LogP) is 3.09. The van der Waals surface area contributed by atoms with Gasteiger partial charge in [0.1, 0.15) is 5.70 Å². The zero-order valence-electron chi connectivity index (χ0n) is 13.9. The van der Waals surface area contributed by atoms with Crippen molar-refractivity contribution in [1.82, 2.24) is 10.6 Å². The van der Waals surface area contributed by atoms with Gasteiger partial charge in [0.25, 0.3) is 5.91 Å². The molecule has 0 saturated carbocycles. The normalized spacial score (nSPS) is 12.1. The fourth-order valence-corrected chi connectivity index (χ4v) is 2.13. The molecule has 120 valence electrons. The van der Waals surface area contributed by atoms with Crippen LogP contribution in [0.2, 0.25) is 0 Å². The van der Waals surface area contributed by atoms with Gasteiger partial charge in [-0.15, -0.1) is 0 Å². The number of carbonyl (C=O) groups is 2. The predicted molar refractivity (Wildman–Crippen MR) is 93.6 cm³/mol. The van der Waals surface area contributed by atoms with Crippen molar-refractivity contribution in [3.63, 3.8) is 0 Å². The van der Waals surface area contributed by atoms with E-state index in [4.69, 9.17) is 0 Å². The summed E-state index contributed by atoms with van der Waals surface area (Å²) in [5.74, 6) is -0.525. The molecule has 4 heteroatoms. The number of hydrogen-bond donors (Lipinski definition) is 2. The summed E-state index contributed by atoms with van der Waals surface area (Å²) in [5, 5.41) is 7.41. The van der Waals surface area contributed by atoms with Crippen molar-refractivity contribution in [2.45, 2.75) is 20.8 Å². The molecular weight excluding hydrogens is 288 g/mol. The zero-order chi connectivity index (χ0) is 17.0. The molecule has 0 heterocycles. The van der Waals surface area contributed by atoms with Crippen molar-refractivity contribution in [2.75, 3.05) is 7.05 Å². The highest BCUT2D eigenvalue weighted by Crippen LogP contribution is 2.21. The van der Waals surface area contributed by atoms with Crippen LogP contribution in [0.15, 0.2) is 48.2 Å². The number of fused-ring (bicyclic) bond motifs is 1. The van der Waals surface area contributed by atoms with Gasteiger partial charge in [0, 0.05) is 12.5 Å². The number of hydrogen-bond acceptors (Lipinski definition) is 2. The van der Waals surface area contributed by atoms with Gasteiger partial charge in [-0.05, 0) is 22.4 Å². The highest BCUT2D eigenvalue weighted by Gasteiger charge is 2.23. The maximum absolute atomic E-state index is 12.2. The molecule has 0 aliphatic carbocycles. The number of rotatable bonds is 3. The molecule has 0 radical (unpaired) electrons. The lowest BCUT2D eigenvalue weighted by Crippen LogP contribution is -2.39. The summed E-state index contributed by atoms with van der Waals surface area (Å²) in [6.07, 6.45) is 1.71. The van der Waals surface area contributed by atoms with E-state index < -0.39 is 5.41 Å². The van der Waals surface area contributed by atoms with Crippen LogP contribution >= 0.6 is 0 Å². The maximum atomic E-state index is 12.2. The van der Waals surface area contributed by atoms with Gasteiger partial charge >= 0.3 is 0 Å². The summed E-state index contributed by atoms with van der Waals surface area (Å²) in [4.78, 5) is 24.3. The van der Waals surface area contributed by atoms with Gasteiger partial charge in [-0.1, -0.05) is 63.2 Å². The van der Waals surface area contributed by atoms with E-state index in [1.807, 2.05) is 63.2 Å². The van der Waals surface area contributed by atoms with Crippen molar-refractivity contribution < 1.29 is 9.59 Å². The van der Waals surface area contributed by atoms with Crippen LogP contribution in [0.5, 0.6) is 0 Å². The molecule has 0 unspecified atom stereocenters. The van der Waals surface area contributed by atoms with E-state index in [9.17, 15) is 9.59 Å². The Morgan fingerprint density at radius 2 is 1.65 bits per heavy atom. The first kappa shape index (κ1) is 16.7. The molecule has 0 aliphatic heterocycles. The van der Waals surface area contributed by atoms with Crippen LogP contribution in [-0.2, 0) is 9.59 Å². The van der Waals surface area contributed by atoms with E-state index in [0.717, 1.165) is 16.3 Å². The first-order chi connectivity index (χ1) is 10.8. The second-order valence-corrected chi connectivity index (χ2v) is 6.41. The fraction of sp³-hybridized carbons (Fsp3) is 0.263. The molecule has 2 aromatic carbocycles. The second kappa shape index (κ2) is 6.65. The largest absolute Gasteiger partial charge is 0.354 e. The van der Waals surface area contributed by atoms with E-state index in [1.54, 1.807) is 13.1 Å². The van der Waals surface area contributed by atoms with Crippen LogP contribution in [0.1, 0.15) is 26.3 Å². The standard InChI is InChI=1S/C19H22N2O2/c1-19(2,3)18(23)21-16(17(22)20-4)12-14-10-7-9-13-8-5-6-11-15(13)14/h5-12H,1-4H3,(H,20,22)(H,21,23)/b16-12-. The summed E-state index contributed by atoms with van der Waals surface area (Å²) in [6.45, 7) is 5.42. The van der Waals surface area contributed by atoms with E-state index in [1.165, 1.54) is 0 Å². The smallest absolute Gasteiger partial charge is 0.267 e.